The molecule has 0 amide bonds. The van der Waals surface area contributed by atoms with E-state index in [9.17, 15) is 0 Å². The summed E-state index contributed by atoms with van der Waals surface area (Å²) in [7, 11) is 0. The highest BCUT2D eigenvalue weighted by Crippen LogP contribution is 2.15. The van der Waals surface area contributed by atoms with Gasteiger partial charge in [0.2, 0.25) is 0 Å². The molecule has 0 spiro atoms. The molecule has 0 saturated carbocycles. The first-order chi connectivity index (χ1) is 11.8. The number of hydrogen-bond donors (Lipinski definition) is 2. The molecule has 0 radical (unpaired) electrons. The third-order valence-corrected chi connectivity index (χ3v) is 4.92. The van der Waals surface area contributed by atoms with Crippen LogP contribution in [0.15, 0.2) is 16.6 Å². The van der Waals surface area contributed by atoms with Gasteiger partial charge in [-0.3, -0.25) is 4.99 Å². The van der Waals surface area contributed by atoms with Crippen molar-refractivity contribution in [1.29, 1.82) is 0 Å². The standard InChI is InChI=1S/C19H36N4O/c1-3-20-19(22-11-5-18-8-15-24-16-9-18)21-10-4-12-23-13-6-17(2)7-14-23/h8,17H,3-7,9-16H2,1-2H3,(H2,20,21,22). The topological polar surface area (TPSA) is 48.9 Å². The van der Waals surface area contributed by atoms with E-state index < -0.39 is 0 Å². The monoisotopic (exact) mass is 336 g/mol. The minimum atomic E-state index is 0.777. The van der Waals surface area contributed by atoms with Gasteiger partial charge < -0.3 is 20.3 Å². The Bertz CT molecular complexity index is 400. The molecule has 1 fully saturated rings. The van der Waals surface area contributed by atoms with Crippen molar-refractivity contribution in [2.75, 3.05) is 52.5 Å². The Labute approximate surface area is 147 Å². The zero-order chi connectivity index (χ0) is 17.0. The van der Waals surface area contributed by atoms with Crippen LogP contribution in [0.25, 0.3) is 0 Å². The first-order valence-corrected chi connectivity index (χ1v) is 9.78. The van der Waals surface area contributed by atoms with Gasteiger partial charge in [-0.05, 0) is 64.6 Å². The number of rotatable bonds is 8. The van der Waals surface area contributed by atoms with Crippen LogP contribution in [0.5, 0.6) is 0 Å². The van der Waals surface area contributed by atoms with Crippen LogP contribution in [0, 0.1) is 5.92 Å². The van der Waals surface area contributed by atoms with Crippen molar-refractivity contribution in [3.8, 4) is 0 Å². The molecule has 0 aromatic heterocycles. The van der Waals surface area contributed by atoms with E-state index in [0.29, 0.717) is 0 Å². The van der Waals surface area contributed by atoms with Gasteiger partial charge in [-0.1, -0.05) is 18.6 Å². The van der Waals surface area contributed by atoms with Crippen LogP contribution in [0.4, 0.5) is 0 Å². The molecule has 0 bridgehead atoms. The summed E-state index contributed by atoms with van der Waals surface area (Å²) < 4.78 is 5.35. The Morgan fingerprint density at radius 3 is 2.88 bits per heavy atom. The van der Waals surface area contributed by atoms with Crippen molar-refractivity contribution in [3.05, 3.63) is 11.6 Å². The van der Waals surface area contributed by atoms with Gasteiger partial charge in [0.1, 0.15) is 0 Å². The second-order valence-electron chi connectivity index (χ2n) is 7.00. The average molecular weight is 337 g/mol. The van der Waals surface area contributed by atoms with Crippen molar-refractivity contribution < 1.29 is 4.74 Å². The summed E-state index contributed by atoms with van der Waals surface area (Å²) in [5.74, 6) is 1.87. The zero-order valence-electron chi connectivity index (χ0n) is 15.6. The van der Waals surface area contributed by atoms with Crippen molar-refractivity contribution >= 4 is 5.96 Å². The van der Waals surface area contributed by atoms with E-state index in [1.165, 1.54) is 38.0 Å². The Morgan fingerprint density at radius 2 is 2.17 bits per heavy atom. The molecule has 2 aliphatic heterocycles. The maximum Gasteiger partial charge on any atom is 0.191 e. The molecule has 0 aromatic rings. The number of likely N-dealkylation sites (tertiary alicyclic amines) is 1. The minimum Gasteiger partial charge on any atom is -0.377 e. The number of aliphatic imine (C=N–C) groups is 1. The lowest BCUT2D eigenvalue weighted by Gasteiger charge is -2.29. The number of piperidine rings is 1. The van der Waals surface area contributed by atoms with Crippen LogP contribution in [0.2, 0.25) is 0 Å². The Hall–Kier alpha value is -1.07. The second-order valence-corrected chi connectivity index (χ2v) is 7.00. The molecule has 0 aromatic carbocycles. The van der Waals surface area contributed by atoms with Gasteiger partial charge in [-0.2, -0.15) is 0 Å². The van der Waals surface area contributed by atoms with Crippen molar-refractivity contribution in [2.24, 2.45) is 10.9 Å². The van der Waals surface area contributed by atoms with E-state index >= 15 is 0 Å². The first kappa shape index (κ1) is 19.3. The van der Waals surface area contributed by atoms with Crippen LogP contribution in [-0.2, 0) is 4.74 Å². The van der Waals surface area contributed by atoms with E-state index in [-0.39, 0.29) is 0 Å². The van der Waals surface area contributed by atoms with E-state index in [4.69, 9.17) is 9.73 Å². The highest BCUT2D eigenvalue weighted by atomic mass is 16.5. The summed E-state index contributed by atoms with van der Waals surface area (Å²) in [5, 5.41) is 6.80. The fourth-order valence-electron chi connectivity index (χ4n) is 3.25. The van der Waals surface area contributed by atoms with Gasteiger partial charge in [0.15, 0.2) is 5.96 Å². The molecule has 2 N–H and O–H groups in total. The van der Waals surface area contributed by atoms with E-state index in [1.54, 1.807) is 0 Å². The smallest absolute Gasteiger partial charge is 0.191 e. The summed E-state index contributed by atoms with van der Waals surface area (Å²) in [4.78, 5) is 7.31. The largest absolute Gasteiger partial charge is 0.377 e. The van der Waals surface area contributed by atoms with E-state index in [0.717, 1.165) is 64.0 Å². The SMILES string of the molecule is CCNC(=NCCCN1CCC(C)CC1)NCCC1=CCOCC1. The number of guanidine groups is 1. The zero-order valence-corrected chi connectivity index (χ0v) is 15.6. The molecule has 138 valence electrons. The van der Waals surface area contributed by atoms with Crippen molar-refractivity contribution in [1.82, 2.24) is 15.5 Å². The molecule has 24 heavy (non-hydrogen) atoms. The van der Waals surface area contributed by atoms with Crippen LogP contribution < -0.4 is 10.6 Å². The number of nitrogens with one attached hydrogen (secondary N) is 2. The van der Waals surface area contributed by atoms with Gasteiger partial charge in [0.05, 0.1) is 13.2 Å². The highest BCUT2D eigenvalue weighted by Gasteiger charge is 2.14. The maximum atomic E-state index is 5.35. The van der Waals surface area contributed by atoms with Gasteiger partial charge >= 0.3 is 0 Å². The molecule has 1 saturated heterocycles. The van der Waals surface area contributed by atoms with Gasteiger partial charge in [-0.15, -0.1) is 0 Å². The maximum absolute atomic E-state index is 5.35. The molecule has 2 heterocycles. The fraction of sp³-hybridized carbons (Fsp3) is 0.842. The average Bonchev–Trinajstić information content (AvgIpc) is 2.61. The quantitative estimate of drug-likeness (QED) is 0.309. The number of ether oxygens (including phenoxy) is 1. The third kappa shape index (κ3) is 7.67. The van der Waals surface area contributed by atoms with Gasteiger partial charge in [0.25, 0.3) is 0 Å². The van der Waals surface area contributed by atoms with Crippen LogP contribution in [0.3, 0.4) is 0 Å². The summed E-state index contributed by atoms with van der Waals surface area (Å²) in [6.07, 6.45) is 8.23. The second kappa shape index (κ2) is 11.5. The Balaban J connectivity index is 1.61. The lowest BCUT2D eigenvalue weighted by molar-refractivity contribution is 0.153. The van der Waals surface area contributed by atoms with Crippen LogP contribution in [0.1, 0.15) is 46.0 Å². The molecule has 2 aliphatic rings. The molecule has 0 aliphatic carbocycles. The van der Waals surface area contributed by atoms with Gasteiger partial charge in [0, 0.05) is 19.6 Å². The predicted octanol–water partition coefficient (Wildman–Crippen LogP) is 2.40. The fourth-order valence-corrected chi connectivity index (χ4v) is 3.25. The molecule has 2 rings (SSSR count). The van der Waals surface area contributed by atoms with Crippen LogP contribution in [-0.4, -0.2) is 63.3 Å². The molecular formula is C19H36N4O. The molecule has 0 atom stereocenters. The minimum absolute atomic E-state index is 0.777. The summed E-state index contributed by atoms with van der Waals surface area (Å²) in [6, 6.07) is 0. The van der Waals surface area contributed by atoms with E-state index in [2.05, 4.69) is 35.5 Å². The molecular weight excluding hydrogens is 300 g/mol. The summed E-state index contributed by atoms with van der Waals surface area (Å²) in [6.45, 7) is 12.6. The van der Waals surface area contributed by atoms with Crippen molar-refractivity contribution in [2.45, 2.75) is 46.0 Å². The third-order valence-electron chi connectivity index (χ3n) is 4.92. The lowest BCUT2D eigenvalue weighted by Crippen LogP contribution is -2.38. The molecule has 5 heteroatoms. The van der Waals surface area contributed by atoms with Crippen molar-refractivity contribution in [3.63, 3.8) is 0 Å². The van der Waals surface area contributed by atoms with E-state index in [1.807, 2.05) is 0 Å². The summed E-state index contributed by atoms with van der Waals surface area (Å²) in [5.41, 5.74) is 1.50. The lowest BCUT2D eigenvalue weighted by atomic mass is 9.99. The summed E-state index contributed by atoms with van der Waals surface area (Å²) >= 11 is 0. The number of hydrogen-bond acceptors (Lipinski definition) is 3. The molecule has 5 nitrogen and oxygen atoms in total. The predicted molar refractivity (Wildman–Crippen MR) is 102 cm³/mol. The molecule has 0 unspecified atom stereocenters. The van der Waals surface area contributed by atoms with Gasteiger partial charge in [-0.25, -0.2) is 0 Å². The first-order valence-electron chi connectivity index (χ1n) is 9.78. The Morgan fingerprint density at radius 1 is 1.33 bits per heavy atom. The normalized spacial score (nSPS) is 20.8. The Kier molecular flexibility index (Phi) is 9.21. The highest BCUT2D eigenvalue weighted by molar-refractivity contribution is 5.79. The van der Waals surface area contributed by atoms with Crippen LogP contribution >= 0.6 is 0 Å². The number of nitrogens with zero attached hydrogens (tertiary/aromatic N) is 2.